The fourth-order valence-corrected chi connectivity index (χ4v) is 5.04. The monoisotopic (exact) mass is 452 g/mol. The van der Waals surface area contributed by atoms with Gasteiger partial charge in [0.15, 0.2) is 17.0 Å². The third kappa shape index (κ3) is 3.52. The van der Waals surface area contributed by atoms with Crippen molar-refractivity contribution in [3.05, 3.63) is 55.1 Å². The number of fused-ring (bicyclic) bond motifs is 1. The molecular weight excluding hydrogens is 432 g/mol. The van der Waals surface area contributed by atoms with Gasteiger partial charge in [-0.2, -0.15) is 8.99 Å². The van der Waals surface area contributed by atoms with Gasteiger partial charge >= 0.3 is 0 Å². The van der Waals surface area contributed by atoms with Gasteiger partial charge in [-0.3, -0.25) is 4.98 Å². The Morgan fingerprint density at radius 3 is 2.47 bits per heavy atom. The molecule has 1 aromatic carbocycles. The number of hydrogen-bond donors (Lipinski definition) is 0. The van der Waals surface area contributed by atoms with E-state index in [0.29, 0.717) is 43.2 Å². The van der Waals surface area contributed by atoms with Crippen LogP contribution >= 0.6 is 0 Å². The number of sulfonamides is 1. The number of anilines is 1. The largest absolute Gasteiger partial charge is 0.497 e. The molecule has 11 nitrogen and oxygen atoms in total. The quantitative estimate of drug-likeness (QED) is 0.439. The molecule has 0 saturated carbocycles. The zero-order valence-electron chi connectivity index (χ0n) is 17.2. The number of nitrogens with zero attached hydrogens (tertiary/aromatic N) is 8. The molecule has 1 saturated heterocycles. The highest BCUT2D eigenvalue weighted by atomic mass is 32.2. The maximum atomic E-state index is 12.9. The third-order valence-corrected chi connectivity index (χ3v) is 7.23. The van der Waals surface area contributed by atoms with E-state index in [1.165, 1.54) is 16.8 Å². The Balaban J connectivity index is 1.39. The predicted molar refractivity (Wildman–Crippen MR) is 116 cm³/mol. The first-order valence-electron chi connectivity index (χ1n) is 9.94. The summed E-state index contributed by atoms with van der Waals surface area (Å²) in [7, 11) is -1.97. The maximum Gasteiger partial charge on any atom is 0.244 e. The second-order valence-corrected chi connectivity index (χ2v) is 9.09. The highest BCUT2D eigenvalue weighted by molar-refractivity contribution is 7.89. The van der Waals surface area contributed by atoms with Crippen LogP contribution < -0.4 is 9.64 Å². The number of benzene rings is 1. The molecule has 4 aromatic rings. The van der Waals surface area contributed by atoms with Gasteiger partial charge in [0.25, 0.3) is 0 Å². The standard InChI is InChI=1S/C20H20N8O3S/c1-31-16-6-4-15(5-7-16)28-20-18(24-25-28)19(22-14-23-20)26-9-11-27(12-10-26)32(29,30)17-3-2-8-21-13-17/h2-8,13-14H,9-12H2,1H3. The number of piperazine rings is 1. The molecule has 0 spiro atoms. The minimum atomic E-state index is -3.58. The van der Waals surface area contributed by atoms with Crippen LogP contribution in [0.5, 0.6) is 5.75 Å². The summed E-state index contributed by atoms with van der Waals surface area (Å²) in [6.45, 7) is 1.60. The molecule has 3 aromatic heterocycles. The van der Waals surface area contributed by atoms with E-state index in [2.05, 4.69) is 25.3 Å². The Morgan fingerprint density at radius 2 is 1.78 bits per heavy atom. The number of hydrogen-bond acceptors (Lipinski definition) is 9. The topological polar surface area (TPSA) is 119 Å². The summed E-state index contributed by atoms with van der Waals surface area (Å²) in [5.74, 6) is 1.38. The van der Waals surface area contributed by atoms with E-state index in [1.54, 1.807) is 30.1 Å². The normalized spacial score (nSPS) is 15.2. The minimum absolute atomic E-state index is 0.195. The van der Waals surface area contributed by atoms with Crippen molar-refractivity contribution in [1.29, 1.82) is 0 Å². The molecule has 0 amide bonds. The second-order valence-electron chi connectivity index (χ2n) is 7.15. The summed E-state index contributed by atoms with van der Waals surface area (Å²) < 4.78 is 34.0. The Morgan fingerprint density at radius 1 is 1.00 bits per heavy atom. The number of methoxy groups -OCH3 is 1. The second kappa shape index (κ2) is 8.13. The van der Waals surface area contributed by atoms with Crippen molar-refractivity contribution in [2.75, 3.05) is 38.2 Å². The molecule has 1 aliphatic rings. The van der Waals surface area contributed by atoms with Gasteiger partial charge in [-0.05, 0) is 36.4 Å². The number of aromatic nitrogens is 6. The van der Waals surface area contributed by atoms with Gasteiger partial charge in [-0.1, -0.05) is 5.21 Å². The molecule has 32 heavy (non-hydrogen) atoms. The smallest absolute Gasteiger partial charge is 0.244 e. The molecule has 0 atom stereocenters. The van der Waals surface area contributed by atoms with E-state index >= 15 is 0 Å². The number of ether oxygens (including phenoxy) is 1. The lowest BCUT2D eigenvalue weighted by Crippen LogP contribution is -2.49. The van der Waals surface area contributed by atoms with Crippen molar-refractivity contribution in [3.8, 4) is 11.4 Å². The van der Waals surface area contributed by atoms with Crippen LogP contribution in [-0.4, -0.2) is 76.0 Å². The first-order valence-corrected chi connectivity index (χ1v) is 11.4. The van der Waals surface area contributed by atoms with Gasteiger partial charge in [0.2, 0.25) is 10.0 Å². The zero-order valence-corrected chi connectivity index (χ0v) is 18.1. The van der Waals surface area contributed by atoms with Crippen molar-refractivity contribution in [1.82, 2.24) is 34.3 Å². The van der Waals surface area contributed by atoms with Gasteiger partial charge in [0.05, 0.1) is 12.8 Å². The Kier molecular flexibility index (Phi) is 5.15. The fourth-order valence-electron chi connectivity index (χ4n) is 3.65. The summed E-state index contributed by atoms with van der Waals surface area (Å²) in [5, 5.41) is 8.56. The van der Waals surface area contributed by atoms with E-state index < -0.39 is 10.0 Å². The summed E-state index contributed by atoms with van der Waals surface area (Å²) in [6.07, 6.45) is 4.39. The van der Waals surface area contributed by atoms with Crippen LogP contribution in [0.1, 0.15) is 0 Å². The molecule has 0 N–H and O–H groups in total. The molecule has 1 aliphatic heterocycles. The van der Waals surface area contributed by atoms with E-state index in [-0.39, 0.29) is 4.90 Å². The highest BCUT2D eigenvalue weighted by Gasteiger charge is 2.30. The van der Waals surface area contributed by atoms with E-state index in [1.807, 2.05) is 29.2 Å². The lowest BCUT2D eigenvalue weighted by molar-refractivity contribution is 0.384. The molecule has 5 rings (SSSR count). The van der Waals surface area contributed by atoms with Crippen LogP contribution in [0.2, 0.25) is 0 Å². The molecule has 0 bridgehead atoms. The summed E-state index contributed by atoms with van der Waals surface area (Å²) in [5.41, 5.74) is 1.93. The number of rotatable bonds is 5. The maximum absolute atomic E-state index is 12.9. The first-order chi connectivity index (χ1) is 15.6. The van der Waals surface area contributed by atoms with E-state index in [9.17, 15) is 8.42 Å². The molecule has 0 unspecified atom stereocenters. The van der Waals surface area contributed by atoms with Gasteiger partial charge in [0.1, 0.15) is 17.0 Å². The predicted octanol–water partition coefficient (Wildman–Crippen LogP) is 1.12. The molecule has 0 aliphatic carbocycles. The number of pyridine rings is 1. The minimum Gasteiger partial charge on any atom is -0.497 e. The SMILES string of the molecule is COc1ccc(-n2nnc3c(N4CCN(S(=O)(=O)c5cccnc5)CC4)ncnc32)cc1. The van der Waals surface area contributed by atoms with Crippen LogP contribution in [0, 0.1) is 0 Å². The average molecular weight is 453 g/mol. The van der Waals surface area contributed by atoms with Gasteiger partial charge in [0, 0.05) is 38.6 Å². The summed E-state index contributed by atoms with van der Waals surface area (Å²) >= 11 is 0. The Bertz CT molecular complexity index is 1330. The van der Waals surface area contributed by atoms with Crippen molar-refractivity contribution in [3.63, 3.8) is 0 Å². The highest BCUT2D eigenvalue weighted by Crippen LogP contribution is 2.25. The van der Waals surface area contributed by atoms with Gasteiger partial charge in [-0.15, -0.1) is 5.10 Å². The van der Waals surface area contributed by atoms with Crippen LogP contribution in [-0.2, 0) is 10.0 Å². The molecule has 12 heteroatoms. The van der Waals surface area contributed by atoms with Crippen molar-refractivity contribution in [2.45, 2.75) is 4.90 Å². The van der Waals surface area contributed by atoms with Crippen LogP contribution in [0.4, 0.5) is 5.82 Å². The molecular formula is C20H20N8O3S. The van der Waals surface area contributed by atoms with Gasteiger partial charge < -0.3 is 9.64 Å². The molecule has 164 valence electrons. The zero-order chi connectivity index (χ0) is 22.1. The summed E-state index contributed by atoms with van der Waals surface area (Å²) in [4.78, 5) is 14.9. The Hall–Kier alpha value is -3.64. The molecule has 0 radical (unpaired) electrons. The van der Waals surface area contributed by atoms with Crippen molar-refractivity contribution < 1.29 is 13.2 Å². The molecule has 4 heterocycles. The fraction of sp³-hybridized carbons (Fsp3) is 0.250. The van der Waals surface area contributed by atoms with E-state index in [0.717, 1.165) is 11.4 Å². The van der Waals surface area contributed by atoms with Crippen LogP contribution in [0.3, 0.4) is 0 Å². The third-order valence-electron chi connectivity index (χ3n) is 5.35. The first kappa shape index (κ1) is 20.3. The van der Waals surface area contributed by atoms with Crippen molar-refractivity contribution in [2.24, 2.45) is 0 Å². The Labute approximate surface area is 184 Å². The molecule has 1 fully saturated rings. The van der Waals surface area contributed by atoms with Gasteiger partial charge in [-0.25, -0.2) is 18.4 Å². The van der Waals surface area contributed by atoms with E-state index in [4.69, 9.17) is 4.74 Å². The van der Waals surface area contributed by atoms with Crippen molar-refractivity contribution >= 4 is 27.0 Å². The lowest BCUT2D eigenvalue weighted by atomic mass is 10.3. The summed E-state index contributed by atoms with van der Waals surface area (Å²) in [6, 6.07) is 10.6. The van der Waals surface area contributed by atoms with Crippen LogP contribution in [0.25, 0.3) is 16.9 Å². The van der Waals surface area contributed by atoms with Crippen LogP contribution in [0.15, 0.2) is 60.0 Å². The lowest BCUT2D eigenvalue weighted by Gasteiger charge is -2.34. The average Bonchev–Trinajstić information content (AvgIpc) is 3.29.